The van der Waals surface area contributed by atoms with Crippen LogP contribution in [0.3, 0.4) is 0 Å². The second-order valence-electron chi connectivity index (χ2n) is 5.06. The van der Waals surface area contributed by atoms with Gasteiger partial charge in [-0.2, -0.15) is 0 Å². The van der Waals surface area contributed by atoms with Gasteiger partial charge in [-0.15, -0.1) is 11.6 Å². The number of fused-ring (bicyclic) bond motifs is 1. The lowest BCUT2D eigenvalue weighted by atomic mass is 10.1. The average Bonchev–Trinajstić information content (AvgIpc) is 2.73. The maximum atomic E-state index is 13.7. The van der Waals surface area contributed by atoms with Crippen molar-refractivity contribution in [3.05, 3.63) is 33.1 Å². The first-order chi connectivity index (χ1) is 9.26. The summed E-state index contributed by atoms with van der Waals surface area (Å²) in [5.74, 6) is 0. The van der Waals surface area contributed by atoms with Gasteiger partial charge in [0.15, 0.2) is 11.8 Å². The minimum atomic E-state index is -1.97. The van der Waals surface area contributed by atoms with Gasteiger partial charge in [0.2, 0.25) is 0 Å². The van der Waals surface area contributed by atoms with Crippen molar-refractivity contribution in [2.24, 2.45) is 0 Å². The molecule has 3 unspecified atom stereocenters. The van der Waals surface area contributed by atoms with Crippen LogP contribution in [0.15, 0.2) is 21.9 Å². The molecule has 3 N–H and O–H groups in total. The summed E-state index contributed by atoms with van der Waals surface area (Å²) < 4.78 is 20.0. The van der Waals surface area contributed by atoms with Crippen molar-refractivity contribution in [2.45, 2.75) is 42.0 Å². The Hall–Kier alpha value is -1.22. The lowest BCUT2D eigenvalue weighted by molar-refractivity contribution is -0.0966. The Labute approximate surface area is 116 Å². The van der Waals surface area contributed by atoms with Crippen molar-refractivity contribution in [3.8, 4) is 0 Å². The predicted molar refractivity (Wildman–Crippen MR) is 65.3 cm³/mol. The first-order valence-corrected chi connectivity index (χ1v) is 6.38. The molecule has 0 radical (unpaired) electrons. The number of aliphatic hydroxyl groups is 2. The third-order valence-corrected chi connectivity index (χ3v) is 4.62. The number of halogens is 2. The van der Waals surface area contributed by atoms with E-state index in [1.54, 1.807) is 0 Å². The number of alkyl halides is 2. The average molecular weight is 307 g/mol. The molecule has 9 heteroatoms. The molecular weight excluding hydrogens is 295 g/mol. The van der Waals surface area contributed by atoms with Crippen LogP contribution in [0.2, 0.25) is 0 Å². The first kappa shape index (κ1) is 13.7. The summed E-state index contributed by atoms with van der Waals surface area (Å²) in [5, 5.41) is 18.8. The van der Waals surface area contributed by atoms with Crippen LogP contribution in [0.4, 0.5) is 4.39 Å². The van der Waals surface area contributed by atoms with Crippen LogP contribution in [0, 0.1) is 0 Å². The zero-order valence-corrected chi connectivity index (χ0v) is 11.0. The maximum Gasteiger partial charge on any atom is 0.330 e. The van der Waals surface area contributed by atoms with Crippen molar-refractivity contribution >= 4 is 11.6 Å². The molecule has 0 spiro atoms. The van der Waals surface area contributed by atoms with Gasteiger partial charge in [0.1, 0.15) is 23.3 Å². The monoisotopic (exact) mass is 306 g/mol. The fourth-order valence-electron chi connectivity index (χ4n) is 2.92. The topological polar surface area (TPSA) is 105 Å². The molecule has 1 aromatic rings. The van der Waals surface area contributed by atoms with E-state index in [0.717, 1.165) is 23.8 Å². The van der Waals surface area contributed by atoms with E-state index in [-0.39, 0.29) is 0 Å². The highest BCUT2D eigenvalue weighted by Crippen LogP contribution is 2.65. The molecule has 1 aromatic heterocycles. The fourth-order valence-corrected chi connectivity index (χ4v) is 3.38. The van der Waals surface area contributed by atoms with Crippen LogP contribution in [-0.4, -0.2) is 48.6 Å². The number of ether oxygens (including phenoxy) is 1. The number of nitrogens with zero attached hydrogens (tertiary/aromatic N) is 1. The molecule has 2 fully saturated rings. The molecule has 3 rings (SSSR count). The molecule has 20 heavy (non-hydrogen) atoms. The van der Waals surface area contributed by atoms with Crippen LogP contribution in [0.5, 0.6) is 0 Å². The highest BCUT2D eigenvalue weighted by Gasteiger charge is 2.89. The minimum absolute atomic E-state index is 0.604. The highest BCUT2D eigenvalue weighted by atomic mass is 35.5. The lowest BCUT2D eigenvalue weighted by Gasteiger charge is -2.23. The summed E-state index contributed by atoms with van der Waals surface area (Å²) >= 11 is 6.03. The molecule has 1 aliphatic heterocycles. The van der Waals surface area contributed by atoms with E-state index in [1.807, 2.05) is 4.98 Å². The number of hydrogen-bond acceptors (Lipinski definition) is 5. The summed E-state index contributed by atoms with van der Waals surface area (Å²) in [6, 6.07) is 1.07. The van der Waals surface area contributed by atoms with E-state index in [2.05, 4.69) is 0 Å². The van der Waals surface area contributed by atoms with Crippen molar-refractivity contribution < 1.29 is 19.3 Å². The fraction of sp³-hybridized carbons (Fsp3) is 0.636. The molecular formula is C11H12ClFN2O5. The molecule has 0 aromatic carbocycles. The molecule has 0 amide bonds. The van der Waals surface area contributed by atoms with Crippen molar-refractivity contribution in [3.63, 3.8) is 0 Å². The van der Waals surface area contributed by atoms with Crippen molar-refractivity contribution in [1.29, 1.82) is 0 Å². The standard InChI is InChI=1S/C11H12ClFN2O5/c1-4(13)11-8(17)10(11,19)6(12)7(20-11)15-3-2-5(16)14-9(15)18/h2-4,6-8,17,19H,1H3,(H,14,16,18)/t4?,6-,7?,8?,10+,11+/m0/s1. The van der Waals surface area contributed by atoms with Crippen molar-refractivity contribution in [2.75, 3.05) is 0 Å². The molecule has 7 nitrogen and oxygen atoms in total. The van der Waals surface area contributed by atoms with Crippen LogP contribution < -0.4 is 11.2 Å². The molecule has 1 saturated carbocycles. The molecule has 6 atom stereocenters. The quantitative estimate of drug-likeness (QED) is 0.600. The smallest absolute Gasteiger partial charge is 0.330 e. The lowest BCUT2D eigenvalue weighted by Crippen LogP contribution is -2.39. The van der Waals surface area contributed by atoms with Gasteiger partial charge in [-0.25, -0.2) is 9.18 Å². The Bertz CT molecular complexity index is 675. The van der Waals surface area contributed by atoms with Gasteiger partial charge >= 0.3 is 5.69 Å². The third-order valence-electron chi connectivity index (χ3n) is 4.07. The van der Waals surface area contributed by atoms with E-state index in [4.69, 9.17) is 16.3 Å². The van der Waals surface area contributed by atoms with Crippen LogP contribution in [0.1, 0.15) is 13.2 Å². The molecule has 1 saturated heterocycles. The van der Waals surface area contributed by atoms with E-state index >= 15 is 0 Å². The molecule has 2 heterocycles. The number of aliphatic hydroxyl groups excluding tert-OH is 1. The summed E-state index contributed by atoms with van der Waals surface area (Å²) in [4.78, 5) is 24.7. The van der Waals surface area contributed by atoms with Crippen LogP contribution >= 0.6 is 11.6 Å². The number of H-pyrrole nitrogens is 1. The Morgan fingerprint density at radius 3 is 2.75 bits per heavy atom. The second-order valence-corrected chi connectivity index (χ2v) is 5.53. The largest absolute Gasteiger partial charge is 0.387 e. The third kappa shape index (κ3) is 1.34. The Kier molecular flexibility index (Phi) is 2.69. The summed E-state index contributed by atoms with van der Waals surface area (Å²) in [5.41, 5.74) is -5.22. The van der Waals surface area contributed by atoms with E-state index < -0.39 is 46.3 Å². The Morgan fingerprint density at radius 1 is 1.60 bits per heavy atom. The van der Waals surface area contributed by atoms with E-state index in [1.165, 1.54) is 0 Å². The van der Waals surface area contributed by atoms with Crippen molar-refractivity contribution in [1.82, 2.24) is 9.55 Å². The van der Waals surface area contributed by atoms with Gasteiger partial charge in [-0.05, 0) is 6.92 Å². The number of hydrogen-bond donors (Lipinski definition) is 3. The number of aromatic nitrogens is 2. The highest BCUT2D eigenvalue weighted by molar-refractivity contribution is 6.22. The van der Waals surface area contributed by atoms with E-state index in [9.17, 15) is 24.2 Å². The second kappa shape index (κ2) is 3.91. The molecule has 0 bridgehead atoms. The van der Waals surface area contributed by atoms with Gasteiger partial charge in [0.05, 0.1) is 0 Å². The van der Waals surface area contributed by atoms with Gasteiger partial charge in [0, 0.05) is 12.3 Å². The first-order valence-electron chi connectivity index (χ1n) is 5.94. The van der Waals surface area contributed by atoms with Crippen LogP contribution in [-0.2, 0) is 4.74 Å². The molecule has 1 aliphatic carbocycles. The van der Waals surface area contributed by atoms with Gasteiger partial charge in [-0.3, -0.25) is 14.3 Å². The SMILES string of the molecule is CC(F)[C@]12OC(n3ccc(=O)[nH]c3=O)[C@H](Cl)[C@@]1(O)C2O. The maximum absolute atomic E-state index is 13.7. The normalized spacial score (nSPS) is 44.1. The van der Waals surface area contributed by atoms with Gasteiger partial charge in [-0.1, -0.05) is 0 Å². The zero-order valence-electron chi connectivity index (χ0n) is 10.3. The predicted octanol–water partition coefficient (Wildman–Crippen LogP) is -1.12. The number of aromatic amines is 1. The summed E-state index contributed by atoms with van der Waals surface area (Å²) in [6.07, 6.45) is -3.20. The van der Waals surface area contributed by atoms with Gasteiger partial charge < -0.3 is 14.9 Å². The Morgan fingerprint density at radius 2 is 2.25 bits per heavy atom. The molecule has 2 aliphatic rings. The van der Waals surface area contributed by atoms with E-state index in [0.29, 0.717) is 0 Å². The summed E-state index contributed by atoms with van der Waals surface area (Å²) in [7, 11) is 0. The van der Waals surface area contributed by atoms with Crippen LogP contribution in [0.25, 0.3) is 0 Å². The summed E-state index contributed by atoms with van der Waals surface area (Å²) in [6.45, 7) is 1.13. The minimum Gasteiger partial charge on any atom is -0.387 e. The molecule has 110 valence electrons. The zero-order chi connectivity index (χ0) is 14.9. The van der Waals surface area contributed by atoms with Gasteiger partial charge in [0.25, 0.3) is 5.56 Å². The number of rotatable bonds is 2. The number of nitrogens with one attached hydrogen (secondary N) is 1. The Balaban J connectivity index is 2.04.